The third-order valence-corrected chi connectivity index (χ3v) is 9.58. The molecule has 1 amide bonds. The van der Waals surface area contributed by atoms with Gasteiger partial charge in [-0.15, -0.1) is 0 Å². The van der Waals surface area contributed by atoms with Gasteiger partial charge in [-0.3, -0.25) is 9.10 Å². The standard InChI is InChI=1S/C25H36N2O3S/c1-31(29,30)27(18-24(28)26-10-4-2-3-5-11-26)23-8-6-22(7-9-23)25-15-19-12-20(16-25)14-21(13-19)17-25/h6-9,19-21H,2-5,10-18H2,1H3. The van der Waals surface area contributed by atoms with E-state index >= 15 is 0 Å². The number of likely N-dealkylation sites (tertiary alicyclic amines) is 1. The molecule has 170 valence electrons. The molecule has 4 aliphatic carbocycles. The minimum Gasteiger partial charge on any atom is -0.341 e. The van der Waals surface area contributed by atoms with Crippen molar-refractivity contribution in [3.63, 3.8) is 0 Å². The summed E-state index contributed by atoms with van der Waals surface area (Å²) in [5.74, 6) is 2.55. The number of amides is 1. The van der Waals surface area contributed by atoms with E-state index in [2.05, 4.69) is 12.1 Å². The number of carbonyl (C=O) groups excluding carboxylic acids is 1. The molecule has 1 aromatic rings. The van der Waals surface area contributed by atoms with E-state index in [1.54, 1.807) is 0 Å². The summed E-state index contributed by atoms with van der Waals surface area (Å²) in [5, 5.41) is 0. The van der Waals surface area contributed by atoms with Gasteiger partial charge in [-0.25, -0.2) is 8.42 Å². The average molecular weight is 445 g/mol. The van der Waals surface area contributed by atoms with Gasteiger partial charge in [0.15, 0.2) is 0 Å². The third kappa shape index (κ3) is 4.24. The molecule has 0 atom stereocenters. The van der Waals surface area contributed by atoms with E-state index in [-0.39, 0.29) is 12.5 Å². The topological polar surface area (TPSA) is 57.7 Å². The Morgan fingerprint density at radius 2 is 1.45 bits per heavy atom. The van der Waals surface area contributed by atoms with E-state index in [9.17, 15) is 13.2 Å². The van der Waals surface area contributed by atoms with E-state index in [1.807, 2.05) is 17.0 Å². The Kier molecular flexibility index (Phi) is 5.56. The van der Waals surface area contributed by atoms with Crippen LogP contribution in [0.5, 0.6) is 0 Å². The van der Waals surface area contributed by atoms with Crippen molar-refractivity contribution < 1.29 is 13.2 Å². The van der Waals surface area contributed by atoms with Crippen molar-refractivity contribution >= 4 is 21.6 Å². The lowest BCUT2D eigenvalue weighted by molar-refractivity contribution is -0.129. The highest BCUT2D eigenvalue weighted by molar-refractivity contribution is 7.92. The Bertz CT molecular complexity index is 881. The van der Waals surface area contributed by atoms with E-state index in [1.165, 1.54) is 54.6 Å². The van der Waals surface area contributed by atoms with Crippen molar-refractivity contribution in [2.24, 2.45) is 17.8 Å². The third-order valence-electron chi connectivity index (χ3n) is 8.44. The van der Waals surface area contributed by atoms with Crippen molar-refractivity contribution in [1.82, 2.24) is 4.90 Å². The van der Waals surface area contributed by atoms with Gasteiger partial charge in [-0.1, -0.05) is 25.0 Å². The zero-order chi connectivity index (χ0) is 21.6. The van der Waals surface area contributed by atoms with Crippen LogP contribution in [0.4, 0.5) is 5.69 Å². The lowest BCUT2D eigenvalue weighted by Gasteiger charge is -2.57. The predicted octanol–water partition coefficient (Wildman–Crippen LogP) is 4.32. The molecule has 0 radical (unpaired) electrons. The molecule has 4 saturated carbocycles. The molecule has 5 aliphatic rings. The summed E-state index contributed by atoms with van der Waals surface area (Å²) in [6.07, 6.45) is 13.6. The second kappa shape index (κ2) is 8.09. The first-order chi connectivity index (χ1) is 14.8. The molecule has 6 rings (SSSR count). The van der Waals surface area contributed by atoms with Crippen LogP contribution >= 0.6 is 0 Å². The van der Waals surface area contributed by atoms with Crippen LogP contribution in [-0.4, -0.2) is 45.1 Å². The highest BCUT2D eigenvalue weighted by Crippen LogP contribution is 2.60. The van der Waals surface area contributed by atoms with E-state index < -0.39 is 10.0 Å². The minimum atomic E-state index is -3.53. The lowest BCUT2D eigenvalue weighted by Crippen LogP contribution is -2.48. The number of hydrogen-bond donors (Lipinski definition) is 0. The molecule has 1 heterocycles. The molecule has 5 fully saturated rings. The molecule has 1 aromatic carbocycles. The Morgan fingerprint density at radius 3 is 1.94 bits per heavy atom. The Labute approximate surface area is 187 Å². The summed E-state index contributed by atoms with van der Waals surface area (Å²) < 4.78 is 26.5. The number of nitrogens with zero attached hydrogens (tertiary/aromatic N) is 2. The van der Waals surface area contributed by atoms with Crippen molar-refractivity contribution in [2.75, 3.05) is 30.2 Å². The van der Waals surface area contributed by atoms with Gasteiger partial charge in [-0.2, -0.15) is 0 Å². The van der Waals surface area contributed by atoms with Crippen LogP contribution in [-0.2, 0) is 20.2 Å². The van der Waals surface area contributed by atoms with Gasteiger partial charge in [-0.05, 0) is 92.2 Å². The van der Waals surface area contributed by atoms with Gasteiger partial charge in [0.1, 0.15) is 6.54 Å². The summed E-state index contributed by atoms with van der Waals surface area (Å²) in [7, 11) is -3.53. The molecule has 31 heavy (non-hydrogen) atoms. The van der Waals surface area contributed by atoms with Crippen LogP contribution in [0.3, 0.4) is 0 Å². The fraction of sp³-hybridized carbons (Fsp3) is 0.720. The SMILES string of the molecule is CS(=O)(=O)N(CC(=O)N1CCCCCC1)c1ccc(C23CC4CC(CC(C4)C2)C3)cc1. The largest absolute Gasteiger partial charge is 0.341 e. The van der Waals surface area contributed by atoms with Gasteiger partial charge >= 0.3 is 0 Å². The lowest BCUT2D eigenvalue weighted by atomic mass is 9.48. The quantitative estimate of drug-likeness (QED) is 0.679. The maximum atomic E-state index is 12.9. The number of carbonyl (C=O) groups is 1. The van der Waals surface area contributed by atoms with E-state index in [0.29, 0.717) is 11.1 Å². The van der Waals surface area contributed by atoms with Crippen LogP contribution in [0.25, 0.3) is 0 Å². The van der Waals surface area contributed by atoms with Gasteiger partial charge < -0.3 is 4.90 Å². The molecule has 0 spiro atoms. The van der Waals surface area contributed by atoms with Crippen molar-refractivity contribution in [1.29, 1.82) is 0 Å². The van der Waals surface area contributed by atoms with Crippen LogP contribution in [0, 0.1) is 17.8 Å². The van der Waals surface area contributed by atoms with Gasteiger partial charge in [0, 0.05) is 13.1 Å². The normalized spacial score (nSPS) is 32.7. The Morgan fingerprint density at radius 1 is 0.935 bits per heavy atom. The molecular formula is C25H36N2O3S. The Balaban J connectivity index is 1.35. The highest BCUT2D eigenvalue weighted by atomic mass is 32.2. The molecule has 0 unspecified atom stereocenters. The number of hydrogen-bond acceptors (Lipinski definition) is 3. The van der Waals surface area contributed by atoms with Crippen LogP contribution in [0.2, 0.25) is 0 Å². The molecular weight excluding hydrogens is 408 g/mol. The number of benzene rings is 1. The first kappa shape index (κ1) is 21.3. The van der Waals surface area contributed by atoms with Crippen molar-refractivity contribution in [2.45, 2.75) is 69.6 Å². The maximum absolute atomic E-state index is 12.9. The minimum absolute atomic E-state index is 0.0857. The predicted molar refractivity (Wildman–Crippen MR) is 124 cm³/mol. The maximum Gasteiger partial charge on any atom is 0.243 e. The summed E-state index contributed by atoms with van der Waals surface area (Å²) >= 11 is 0. The fourth-order valence-corrected chi connectivity index (χ4v) is 8.24. The van der Waals surface area contributed by atoms with Gasteiger partial charge in [0.05, 0.1) is 11.9 Å². The molecule has 5 nitrogen and oxygen atoms in total. The summed E-state index contributed by atoms with van der Waals surface area (Å²) in [6.45, 7) is 1.37. The number of sulfonamides is 1. The van der Waals surface area contributed by atoms with E-state index in [0.717, 1.165) is 56.5 Å². The molecule has 1 saturated heterocycles. The summed E-state index contributed by atoms with van der Waals surface area (Å²) in [4.78, 5) is 14.7. The highest BCUT2D eigenvalue weighted by Gasteiger charge is 2.51. The molecule has 1 aliphatic heterocycles. The first-order valence-electron chi connectivity index (χ1n) is 12.2. The average Bonchev–Trinajstić information content (AvgIpc) is 3.00. The van der Waals surface area contributed by atoms with Crippen molar-refractivity contribution in [3.05, 3.63) is 29.8 Å². The van der Waals surface area contributed by atoms with E-state index in [4.69, 9.17) is 0 Å². The second-order valence-corrected chi connectivity index (χ2v) is 12.7. The van der Waals surface area contributed by atoms with Gasteiger partial charge in [0.2, 0.25) is 15.9 Å². The monoisotopic (exact) mass is 444 g/mol. The fourth-order valence-electron chi connectivity index (χ4n) is 7.39. The molecule has 6 heteroatoms. The first-order valence-corrected chi connectivity index (χ1v) is 14.0. The van der Waals surface area contributed by atoms with Crippen molar-refractivity contribution in [3.8, 4) is 0 Å². The summed E-state index contributed by atoms with van der Waals surface area (Å²) in [5.41, 5.74) is 2.28. The molecule has 0 aromatic heterocycles. The number of anilines is 1. The molecule has 0 N–H and O–H groups in total. The number of rotatable bonds is 5. The second-order valence-electron chi connectivity index (χ2n) is 10.8. The van der Waals surface area contributed by atoms with Gasteiger partial charge in [0.25, 0.3) is 0 Å². The van der Waals surface area contributed by atoms with Crippen LogP contribution in [0.1, 0.15) is 69.8 Å². The summed E-state index contributed by atoms with van der Waals surface area (Å²) in [6, 6.07) is 8.17. The zero-order valence-corrected chi connectivity index (χ0v) is 19.6. The van der Waals surface area contributed by atoms with Crippen LogP contribution in [0.15, 0.2) is 24.3 Å². The smallest absolute Gasteiger partial charge is 0.243 e. The van der Waals surface area contributed by atoms with Crippen LogP contribution < -0.4 is 4.31 Å². The Hall–Kier alpha value is -1.56. The molecule has 4 bridgehead atoms. The zero-order valence-electron chi connectivity index (χ0n) is 18.8.